The van der Waals surface area contributed by atoms with E-state index in [9.17, 15) is 14.7 Å². The summed E-state index contributed by atoms with van der Waals surface area (Å²) in [5.74, 6) is -1.11. The van der Waals surface area contributed by atoms with Crippen LogP contribution in [0.25, 0.3) is 6.08 Å². The number of aliphatic imine (C=N–C) groups is 1. The van der Waals surface area contributed by atoms with E-state index in [1.165, 1.54) is 28.8 Å². The van der Waals surface area contributed by atoms with Gasteiger partial charge < -0.3 is 15.1 Å². The lowest BCUT2D eigenvalue weighted by atomic mass is 10.1. The van der Waals surface area contributed by atoms with E-state index in [0.29, 0.717) is 21.3 Å². The molecule has 1 saturated heterocycles. The first-order valence-corrected chi connectivity index (χ1v) is 10.3. The third-order valence-electron chi connectivity index (χ3n) is 4.77. The van der Waals surface area contributed by atoms with Crippen LogP contribution >= 0.6 is 11.8 Å². The van der Waals surface area contributed by atoms with Crippen LogP contribution < -0.4 is 4.90 Å². The maximum absolute atomic E-state index is 12.6. The molecule has 2 aromatic carbocycles. The van der Waals surface area contributed by atoms with Gasteiger partial charge in [0, 0.05) is 37.5 Å². The number of hydrogen-bond donors (Lipinski definition) is 2. The maximum atomic E-state index is 12.6. The zero-order valence-electron chi connectivity index (χ0n) is 17.0. The van der Waals surface area contributed by atoms with Gasteiger partial charge in [0.25, 0.3) is 5.91 Å². The number of carbonyl (C=O) groups is 2. The molecule has 30 heavy (non-hydrogen) atoms. The number of carboxylic acids is 1. The van der Waals surface area contributed by atoms with E-state index in [0.717, 1.165) is 18.8 Å². The molecule has 0 saturated carbocycles. The minimum absolute atomic E-state index is 0.109. The molecule has 0 bridgehead atoms. The average Bonchev–Trinajstić information content (AvgIpc) is 2.99. The maximum Gasteiger partial charge on any atom is 0.335 e. The van der Waals surface area contributed by atoms with Gasteiger partial charge in [-0.2, -0.15) is 0 Å². The van der Waals surface area contributed by atoms with Crippen LogP contribution in [0, 0.1) is 0 Å². The lowest BCUT2D eigenvalue weighted by molar-refractivity contribution is -0.121. The molecule has 0 unspecified atom stereocenters. The van der Waals surface area contributed by atoms with Gasteiger partial charge in [-0.3, -0.25) is 9.69 Å². The normalized spacial score (nSPS) is 16.5. The number of amides is 1. The molecule has 156 valence electrons. The van der Waals surface area contributed by atoms with Crippen LogP contribution in [-0.4, -0.2) is 52.3 Å². The fourth-order valence-corrected chi connectivity index (χ4v) is 4.00. The van der Waals surface area contributed by atoms with Crippen LogP contribution in [0.3, 0.4) is 0 Å². The van der Waals surface area contributed by atoms with E-state index in [4.69, 9.17) is 5.11 Å². The Morgan fingerprint density at radius 2 is 1.83 bits per heavy atom. The zero-order chi connectivity index (χ0) is 21.8. The zero-order valence-corrected chi connectivity index (χ0v) is 17.8. The SMILES string of the molecule is CCN(CC)c1ccc(/C=C2\SC(=Nc3ccc(C(=O)O)cc3)N(C)C2=O)c(O)c1. The molecule has 0 radical (unpaired) electrons. The highest BCUT2D eigenvalue weighted by Crippen LogP contribution is 2.35. The number of phenols is 1. The third kappa shape index (κ3) is 4.49. The average molecular weight is 426 g/mol. The second-order valence-corrected chi connectivity index (χ2v) is 7.65. The Morgan fingerprint density at radius 1 is 1.17 bits per heavy atom. The number of thioether (sulfide) groups is 1. The van der Waals surface area contributed by atoms with Crippen molar-refractivity contribution < 1.29 is 19.8 Å². The van der Waals surface area contributed by atoms with E-state index in [-0.39, 0.29) is 17.2 Å². The second kappa shape index (κ2) is 9.04. The van der Waals surface area contributed by atoms with Crippen molar-refractivity contribution in [3.63, 3.8) is 0 Å². The number of carbonyl (C=O) groups excluding carboxylic acids is 1. The van der Waals surface area contributed by atoms with Crippen LogP contribution in [0.5, 0.6) is 5.75 Å². The summed E-state index contributed by atoms with van der Waals surface area (Å²) >= 11 is 1.20. The van der Waals surface area contributed by atoms with Gasteiger partial charge >= 0.3 is 5.97 Å². The van der Waals surface area contributed by atoms with Crippen LogP contribution in [0.4, 0.5) is 11.4 Å². The van der Waals surface area contributed by atoms with Crippen molar-refractivity contribution in [2.75, 3.05) is 25.0 Å². The van der Waals surface area contributed by atoms with Crippen molar-refractivity contribution >= 4 is 46.3 Å². The molecule has 1 aliphatic heterocycles. The Kier molecular flexibility index (Phi) is 6.47. The highest BCUT2D eigenvalue weighted by Gasteiger charge is 2.30. The van der Waals surface area contributed by atoms with Crippen molar-refractivity contribution in [2.24, 2.45) is 4.99 Å². The highest BCUT2D eigenvalue weighted by atomic mass is 32.2. The van der Waals surface area contributed by atoms with Crippen molar-refractivity contribution in [3.05, 3.63) is 58.5 Å². The van der Waals surface area contributed by atoms with Gasteiger partial charge in [0.05, 0.1) is 16.2 Å². The van der Waals surface area contributed by atoms with Gasteiger partial charge in [0.15, 0.2) is 5.17 Å². The second-order valence-electron chi connectivity index (χ2n) is 6.64. The van der Waals surface area contributed by atoms with Gasteiger partial charge in [-0.05, 0) is 68.1 Å². The van der Waals surface area contributed by atoms with Crippen LogP contribution in [0.15, 0.2) is 52.4 Å². The van der Waals surface area contributed by atoms with E-state index in [1.807, 2.05) is 6.07 Å². The van der Waals surface area contributed by atoms with Crippen LogP contribution in [0.2, 0.25) is 0 Å². The molecule has 1 amide bonds. The molecule has 1 aliphatic rings. The first kappa shape index (κ1) is 21.4. The third-order valence-corrected chi connectivity index (χ3v) is 5.83. The van der Waals surface area contributed by atoms with Crippen molar-refractivity contribution in [2.45, 2.75) is 13.8 Å². The number of amidine groups is 1. The molecule has 0 aromatic heterocycles. The number of benzene rings is 2. The molecule has 2 aromatic rings. The molecule has 2 N–H and O–H groups in total. The predicted octanol–water partition coefficient (Wildman–Crippen LogP) is 4.17. The number of rotatable bonds is 6. The Morgan fingerprint density at radius 3 is 2.40 bits per heavy atom. The van der Waals surface area contributed by atoms with Gasteiger partial charge in [0.2, 0.25) is 0 Å². The summed E-state index contributed by atoms with van der Waals surface area (Å²) in [6, 6.07) is 11.5. The van der Waals surface area contributed by atoms with Gasteiger partial charge in [-0.25, -0.2) is 9.79 Å². The summed E-state index contributed by atoms with van der Waals surface area (Å²) < 4.78 is 0. The minimum atomic E-state index is -1.01. The summed E-state index contributed by atoms with van der Waals surface area (Å²) in [4.78, 5) is 32.0. The topological polar surface area (TPSA) is 93.4 Å². The van der Waals surface area contributed by atoms with Crippen LogP contribution in [0.1, 0.15) is 29.8 Å². The summed E-state index contributed by atoms with van der Waals surface area (Å²) in [5.41, 5.74) is 2.21. The fraction of sp³-hybridized carbons (Fsp3) is 0.227. The molecule has 1 heterocycles. The number of aromatic hydroxyl groups is 1. The summed E-state index contributed by atoms with van der Waals surface area (Å²) in [6.45, 7) is 5.78. The fourth-order valence-electron chi connectivity index (χ4n) is 3.02. The number of anilines is 1. The lowest BCUT2D eigenvalue weighted by Gasteiger charge is -2.21. The van der Waals surface area contributed by atoms with E-state index in [2.05, 4.69) is 23.7 Å². The van der Waals surface area contributed by atoms with Crippen LogP contribution in [-0.2, 0) is 4.79 Å². The molecule has 0 atom stereocenters. The van der Waals surface area contributed by atoms with Crippen molar-refractivity contribution in [1.29, 1.82) is 0 Å². The predicted molar refractivity (Wildman–Crippen MR) is 121 cm³/mol. The van der Waals surface area contributed by atoms with E-state index >= 15 is 0 Å². The molecule has 0 aliphatic carbocycles. The molecule has 3 rings (SSSR count). The smallest absolute Gasteiger partial charge is 0.335 e. The molecular formula is C22H23N3O4S. The minimum Gasteiger partial charge on any atom is -0.507 e. The van der Waals surface area contributed by atoms with E-state index in [1.54, 1.807) is 37.4 Å². The number of aromatic carboxylic acids is 1. The quantitative estimate of drug-likeness (QED) is 0.675. The molecule has 1 fully saturated rings. The highest BCUT2D eigenvalue weighted by molar-refractivity contribution is 8.18. The molecular weight excluding hydrogens is 402 g/mol. The summed E-state index contributed by atoms with van der Waals surface area (Å²) in [7, 11) is 1.63. The number of hydrogen-bond acceptors (Lipinski definition) is 6. The first-order chi connectivity index (χ1) is 14.3. The largest absolute Gasteiger partial charge is 0.507 e. The first-order valence-electron chi connectivity index (χ1n) is 9.51. The monoisotopic (exact) mass is 425 g/mol. The summed E-state index contributed by atoms with van der Waals surface area (Å²) in [5, 5.41) is 19.9. The Labute approximate surface area is 179 Å². The van der Waals surface area contributed by atoms with E-state index < -0.39 is 5.97 Å². The van der Waals surface area contributed by atoms with Gasteiger partial charge in [-0.1, -0.05) is 0 Å². The molecule has 0 spiro atoms. The Hall–Kier alpha value is -3.26. The number of nitrogens with zero attached hydrogens (tertiary/aromatic N) is 3. The standard InChI is InChI=1S/C22H23N3O4S/c1-4-25(5-2)17-11-8-15(18(26)13-17)12-19-20(27)24(3)22(30-19)23-16-9-6-14(7-10-16)21(28)29/h6-13,26H,4-5H2,1-3H3,(H,28,29)/b19-12-,23-22?. The molecule has 7 nitrogen and oxygen atoms in total. The van der Waals surface area contributed by atoms with Gasteiger partial charge in [-0.15, -0.1) is 0 Å². The number of likely N-dealkylation sites (N-methyl/N-ethyl adjacent to an activating group) is 1. The summed E-state index contributed by atoms with van der Waals surface area (Å²) in [6.07, 6.45) is 1.65. The number of carboxylic acid groups (broad SMARTS) is 1. The Bertz CT molecular complexity index is 1030. The molecule has 8 heteroatoms. The van der Waals surface area contributed by atoms with Crippen molar-refractivity contribution in [1.82, 2.24) is 4.90 Å². The van der Waals surface area contributed by atoms with Gasteiger partial charge in [0.1, 0.15) is 5.75 Å². The lowest BCUT2D eigenvalue weighted by Crippen LogP contribution is -2.23. The Balaban J connectivity index is 1.85. The number of phenolic OH excluding ortho intramolecular Hbond substituents is 1. The van der Waals surface area contributed by atoms with Crippen molar-refractivity contribution in [3.8, 4) is 5.75 Å².